The quantitative estimate of drug-likeness (QED) is 0.458. The molecule has 0 atom stereocenters. The average Bonchev–Trinajstić information content (AvgIpc) is 1.78. The fraction of sp³-hybridized carbons (Fsp3) is 1.00. The van der Waals surface area contributed by atoms with Crippen molar-refractivity contribution in [3.05, 3.63) is 0 Å². The molecule has 0 aromatic carbocycles. The van der Waals surface area contributed by atoms with Gasteiger partial charge < -0.3 is 0 Å². The molecular weight excluding hydrogens is 289 g/mol. The van der Waals surface area contributed by atoms with E-state index >= 15 is 0 Å². The molecule has 66 valence electrons. The Labute approximate surface area is 109 Å². The Kier molecular flexibility index (Phi) is 11.0. The van der Waals surface area contributed by atoms with E-state index in [-0.39, 0.29) is 54.6 Å². The van der Waals surface area contributed by atoms with Crippen LogP contribution < -0.4 is 0 Å². The van der Waals surface area contributed by atoms with Crippen LogP contribution in [-0.2, 0) is 10.1 Å². The van der Waals surface area contributed by atoms with Crippen LogP contribution in [0.25, 0.3) is 0 Å². The number of rotatable bonds is 5. The molecule has 0 saturated carbocycles. The van der Waals surface area contributed by atoms with Crippen molar-refractivity contribution in [2.75, 3.05) is 5.75 Å². The molecule has 0 aromatic rings. The van der Waals surface area contributed by atoms with E-state index in [1.165, 1.54) is 0 Å². The van der Waals surface area contributed by atoms with E-state index in [9.17, 15) is 8.42 Å². The molecule has 0 spiro atoms. The number of hydrogen-bond acceptors (Lipinski definition) is 2. The van der Waals surface area contributed by atoms with Crippen molar-refractivity contribution in [1.82, 2.24) is 0 Å². The maximum absolute atomic E-state index is 10.1. The predicted molar refractivity (Wildman–Crippen MR) is 49.1 cm³/mol. The van der Waals surface area contributed by atoms with Gasteiger partial charge in [0.1, 0.15) is 0 Å². The third-order valence-electron chi connectivity index (χ3n) is 1.26. The van der Waals surface area contributed by atoms with Crippen LogP contribution in [0.1, 0.15) is 32.6 Å². The molecule has 11 heavy (non-hydrogen) atoms. The molecule has 0 bridgehead atoms. The molecule has 0 aliphatic carbocycles. The van der Waals surface area contributed by atoms with Crippen molar-refractivity contribution in [3.8, 4) is 0 Å². The number of hydrogen-bond donors (Lipinski definition) is 1. The fourth-order valence-electron chi connectivity index (χ4n) is 0.711. The second kappa shape index (κ2) is 8.10. The first-order valence-electron chi connectivity index (χ1n) is 3.51. The van der Waals surface area contributed by atoms with Crippen molar-refractivity contribution in [1.29, 1.82) is 0 Å². The van der Waals surface area contributed by atoms with Crippen LogP contribution in [0.3, 0.4) is 0 Å². The molecule has 0 rings (SSSR count). The Morgan fingerprint density at radius 3 is 2.09 bits per heavy atom. The normalized spacial score (nSPS) is 10.7. The van der Waals surface area contributed by atoms with Gasteiger partial charge in [-0.3, -0.25) is 4.55 Å². The van der Waals surface area contributed by atoms with Gasteiger partial charge in [-0.05, 0) is 6.42 Å². The molecule has 3 nitrogen and oxygen atoms in total. The summed E-state index contributed by atoms with van der Waals surface area (Å²) in [5, 5.41) is 0. The predicted octanol–water partition coefficient (Wildman–Crippen LogP) is 0.538. The molecule has 0 aliphatic heterocycles. The molecule has 0 saturated heterocycles. The van der Waals surface area contributed by atoms with Crippen LogP contribution in [0.4, 0.5) is 0 Å². The topological polar surface area (TPSA) is 54.4 Å². The van der Waals surface area contributed by atoms with Gasteiger partial charge in [0.25, 0.3) is 10.1 Å². The van der Waals surface area contributed by atoms with Gasteiger partial charge in [0.05, 0.1) is 5.75 Å². The Bertz CT molecular complexity index is 165. The van der Waals surface area contributed by atoms with Crippen LogP contribution >= 0.6 is 0 Å². The van der Waals surface area contributed by atoms with Crippen molar-refractivity contribution in [3.63, 3.8) is 0 Å². The molecule has 5 heteroatoms. The van der Waals surface area contributed by atoms with Gasteiger partial charge in [-0.25, -0.2) is 0 Å². The van der Waals surface area contributed by atoms with Gasteiger partial charge >= 0.3 is 48.9 Å². The maximum atomic E-state index is 10.1. The molecule has 0 radical (unpaired) electrons. The Balaban J connectivity index is 0. The summed E-state index contributed by atoms with van der Waals surface area (Å²) >= 11 is 0. The number of unbranched alkanes of at least 4 members (excludes halogenated alkanes) is 3. The summed E-state index contributed by atoms with van der Waals surface area (Å²) < 4.78 is 28.6. The third kappa shape index (κ3) is 14.3. The first-order chi connectivity index (χ1) is 4.56. The van der Waals surface area contributed by atoms with Gasteiger partial charge in [0.15, 0.2) is 0 Å². The summed E-state index contributed by atoms with van der Waals surface area (Å²) in [5.41, 5.74) is 0. The molecule has 1 N–H and O–H groups in total. The molecule has 0 amide bonds. The monoisotopic (exact) mass is 306 g/mol. The first-order valence-corrected chi connectivity index (χ1v) is 5.12. The fourth-order valence-corrected chi connectivity index (χ4v) is 1.28. The zero-order valence-electron chi connectivity index (χ0n) is 6.21. The zero-order chi connectivity index (χ0) is 8.04. The summed E-state index contributed by atoms with van der Waals surface area (Å²) in [6.07, 6.45) is 3.57. The summed E-state index contributed by atoms with van der Waals surface area (Å²) in [6.45, 7) is 2.05. The zero-order valence-corrected chi connectivity index (χ0v) is 7.02. The van der Waals surface area contributed by atoms with Crippen LogP contribution in [0.2, 0.25) is 0 Å². The van der Waals surface area contributed by atoms with Crippen molar-refractivity contribution in [2.45, 2.75) is 32.6 Å². The van der Waals surface area contributed by atoms with Gasteiger partial charge in [-0.1, -0.05) is 26.2 Å². The van der Waals surface area contributed by atoms with E-state index in [2.05, 4.69) is 0 Å². The Morgan fingerprint density at radius 1 is 1.18 bits per heavy atom. The van der Waals surface area contributed by atoms with Gasteiger partial charge in [0.2, 0.25) is 0 Å². The second-order valence-electron chi connectivity index (χ2n) is 2.35. The van der Waals surface area contributed by atoms with Gasteiger partial charge in [-0.15, -0.1) is 0 Å². The standard InChI is InChI=1S/C6H14O3S.Ba.2H/c1-2-3-4-5-6-10(7,8)9;;;/h2-6H2,1H3,(H,7,8,9);;;. The van der Waals surface area contributed by atoms with Crippen LogP contribution in [0.15, 0.2) is 0 Å². The summed E-state index contributed by atoms with van der Waals surface area (Å²) in [4.78, 5) is 0. The molecule has 0 unspecified atom stereocenters. The van der Waals surface area contributed by atoms with Gasteiger partial charge in [-0.2, -0.15) is 8.42 Å². The Morgan fingerprint density at radius 2 is 1.73 bits per heavy atom. The van der Waals surface area contributed by atoms with E-state index in [0.29, 0.717) is 6.42 Å². The minimum atomic E-state index is -3.70. The second-order valence-corrected chi connectivity index (χ2v) is 3.92. The van der Waals surface area contributed by atoms with E-state index in [0.717, 1.165) is 19.3 Å². The molecule has 0 aromatic heterocycles. The summed E-state index contributed by atoms with van der Waals surface area (Å²) in [7, 11) is -3.70. The summed E-state index contributed by atoms with van der Waals surface area (Å²) in [5.74, 6) is -0.0903. The SMILES string of the molecule is CCCCCCS(=O)(=O)O.[BaH2]. The van der Waals surface area contributed by atoms with E-state index < -0.39 is 10.1 Å². The van der Waals surface area contributed by atoms with Crippen LogP contribution in [0.5, 0.6) is 0 Å². The Hall–Kier alpha value is 1.48. The van der Waals surface area contributed by atoms with E-state index in [4.69, 9.17) is 4.55 Å². The molecule has 0 aliphatic rings. The van der Waals surface area contributed by atoms with E-state index in [1.54, 1.807) is 0 Å². The molecular formula is C6H16BaO3S. The third-order valence-corrected chi connectivity index (χ3v) is 2.06. The first kappa shape index (κ1) is 15.0. The van der Waals surface area contributed by atoms with Crippen molar-refractivity contribution >= 4 is 59.0 Å². The van der Waals surface area contributed by atoms with Crippen molar-refractivity contribution < 1.29 is 13.0 Å². The van der Waals surface area contributed by atoms with Crippen LogP contribution in [-0.4, -0.2) is 67.6 Å². The minimum absolute atomic E-state index is 0. The van der Waals surface area contributed by atoms with E-state index in [1.807, 2.05) is 6.92 Å². The average molecular weight is 306 g/mol. The summed E-state index contributed by atoms with van der Waals surface area (Å²) in [6, 6.07) is 0. The van der Waals surface area contributed by atoms with Gasteiger partial charge in [0, 0.05) is 0 Å². The molecule has 0 heterocycles. The van der Waals surface area contributed by atoms with Crippen LogP contribution in [0, 0.1) is 0 Å². The van der Waals surface area contributed by atoms with Crippen molar-refractivity contribution in [2.24, 2.45) is 0 Å². The molecule has 0 fully saturated rings.